The van der Waals surface area contributed by atoms with E-state index in [1.807, 2.05) is 18.5 Å². The first-order valence-corrected chi connectivity index (χ1v) is 7.48. The SMILES string of the molecule is CC1Cc2c(n(C)c3ccccc23)C(c2cccnc2)N1.Cl. The molecule has 0 spiro atoms. The summed E-state index contributed by atoms with van der Waals surface area (Å²) in [5, 5.41) is 5.12. The second-order valence-electron chi connectivity index (χ2n) is 5.93. The van der Waals surface area contributed by atoms with Crippen LogP contribution in [0.3, 0.4) is 0 Å². The minimum absolute atomic E-state index is 0. The van der Waals surface area contributed by atoms with Gasteiger partial charge in [-0.3, -0.25) is 4.98 Å². The highest BCUT2D eigenvalue weighted by atomic mass is 35.5. The Balaban J connectivity index is 0.00000144. The molecule has 1 aliphatic heterocycles. The van der Waals surface area contributed by atoms with Crippen molar-refractivity contribution in [3.8, 4) is 0 Å². The van der Waals surface area contributed by atoms with E-state index in [1.54, 1.807) is 0 Å². The van der Waals surface area contributed by atoms with Gasteiger partial charge in [0.25, 0.3) is 0 Å². The number of fused-ring (bicyclic) bond motifs is 3. The van der Waals surface area contributed by atoms with Gasteiger partial charge >= 0.3 is 0 Å². The topological polar surface area (TPSA) is 29.9 Å². The molecule has 2 atom stereocenters. The molecule has 3 nitrogen and oxygen atoms in total. The minimum Gasteiger partial charge on any atom is -0.346 e. The molecule has 2 aromatic heterocycles. The molecule has 0 saturated heterocycles. The average molecular weight is 314 g/mol. The summed E-state index contributed by atoms with van der Waals surface area (Å²) >= 11 is 0. The Kier molecular flexibility index (Phi) is 3.94. The number of rotatable bonds is 1. The van der Waals surface area contributed by atoms with Gasteiger partial charge in [-0.2, -0.15) is 0 Å². The molecule has 2 unspecified atom stereocenters. The van der Waals surface area contributed by atoms with E-state index in [9.17, 15) is 0 Å². The van der Waals surface area contributed by atoms with Crippen LogP contribution in [0.5, 0.6) is 0 Å². The van der Waals surface area contributed by atoms with Gasteiger partial charge in [0.2, 0.25) is 0 Å². The van der Waals surface area contributed by atoms with Crippen LogP contribution in [0.2, 0.25) is 0 Å². The van der Waals surface area contributed by atoms with Crippen molar-refractivity contribution >= 4 is 23.3 Å². The molecule has 0 radical (unpaired) electrons. The summed E-state index contributed by atoms with van der Waals surface area (Å²) in [5.41, 5.74) is 5.40. The highest BCUT2D eigenvalue weighted by Gasteiger charge is 2.30. The van der Waals surface area contributed by atoms with Crippen LogP contribution in [-0.2, 0) is 13.5 Å². The van der Waals surface area contributed by atoms with Crippen LogP contribution >= 0.6 is 12.4 Å². The number of para-hydroxylation sites is 1. The van der Waals surface area contributed by atoms with Gasteiger partial charge in [-0.25, -0.2) is 0 Å². The fourth-order valence-electron chi connectivity index (χ4n) is 3.60. The average Bonchev–Trinajstić information content (AvgIpc) is 2.81. The molecule has 0 bridgehead atoms. The van der Waals surface area contributed by atoms with Crippen molar-refractivity contribution in [2.75, 3.05) is 0 Å². The lowest BCUT2D eigenvalue weighted by Crippen LogP contribution is -2.38. The maximum absolute atomic E-state index is 4.29. The third-order valence-corrected chi connectivity index (χ3v) is 4.51. The summed E-state index contributed by atoms with van der Waals surface area (Å²) in [4.78, 5) is 4.29. The molecule has 3 aromatic rings. The van der Waals surface area contributed by atoms with Gasteiger partial charge in [0.05, 0.1) is 6.04 Å². The van der Waals surface area contributed by atoms with Gasteiger partial charge in [-0.1, -0.05) is 24.3 Å². The van der Waals surface area contributed by atoms with E-state index >= 15 is 0 Å². The van der Waals surface area contributed by atoms with E-state index in [2.05, 4.69) is 59.2 Å². The summed E-state index contributed by atoms with van der Waals surface area (Å²) in [6.45, 7) is 2.26. The molecular weight excluding hydrogens is 294 g/mol. The molecule has 0 amide bonds. The van der Waals surface area contributed by atoms with Crippen LogP contribution in [0.1, 0.15) is 29.8 Å². The zero-order chi connectivity index (χ0) is 14.4. The first kappa shape index (κ1) is 15.1. The van der Waals surface area contributed by atoms with E-state index in [0.717, 1.165) is 6.42 Å². The lowest BCUT2D eigenvalue weighted by molar-refractivity contribution is 0.449. The first-order chi connectivity index (χ1) is 10.3. The highest BCUT2D eigenvalue weighted by molar-refractivity contribution is 5.86. The lowest BCUT2D eigenvalue weighted by atomic mass is 9.91. The van der Waals surface area contributed by atoms with Crippen molar-refractivity contribution in [2.45, 2.75) is 25.4 Å². The standard InChI is InChI=1S/C18H19N3.ClH/c1-12-10-15-14-7-3-4-8-16(14)21(2)18(15)17(20-12)13-6-5-9-19-11-13;/h3-9,11-12,17,20H,10H2,1-2H3;1H. The summed E-state index contributed by atoms with van der Waals surface area (Å²) in [6, 6.07) is 13.6. The predicted octanol–water partition coefficient (Wildman–Crippen LogP) is 3.62. The van der Waals surface area contributed by atoms with Gasteiger partial charge in [0, 0.05) is 42.1 Å². The third kappa shape index (κ3) is 2.21. The molecular formula is C18H20ClN3. The van der Waals surface area contributed by atoms with Crippen molar-refractivity contribution in [1.29, 1.82) is 0 Å². The van der Waals surface area contributed by atoms with Gasteiger partial charge in [0.1, 0.15) is 0 Å². The van der Waals surface area contributed by atoms with Crippen molar-refractivity contribution in [1.82, 2.24) is 14.9 Å². The number of pyridine rings is 1. The van der Waals surface area contributed by atoms with Crippen LogP contribution in [0.25, 0.3) is 10.9 Å². The number of benzene rings is 1. The summed E-state index contributed by atoms with van der Waals surface area (Å²) in [5.74, 6) is 0. The smallest absolute Gasteiger partial charge is 0.0751 e. The van der Waals surface area contributed by atoms with Crippen LogP contribution < -0.4 is 5.32 Å². The molecule has 114 valence electrons. The number of nitrogens with one attached hydrogen (secondary N) is 1. The number of halogens is 1. The molecule has 1 aliphatic rings. The van der Waals surface area contributed by atoms with E-state index in [4.69, 9.17) is 0 Å². The summed E-state index contributed by atoms with van der Waals surface area (Å²) in [6.07, 6.45) is 4.88. The number of hydrogen-bond acceptors (Lipinski definition) is 2. The number of nitrogens with zero attached hydrogens (tertiary/aromatic N) is 2. The highest BCUT2D eigenvalue weighted by Crippen LogP contribution is 2.36. The van der Waals surface area contributed by atoms with E-state index in [1.165, 1.54) is 27.7 Å². The maximum atomic E-state index is 4.29. The Morgan fingerprint density at radius 2 is 2.00 bits per heavy atom. The predicted molar refractivity (Wildman–Crippen MR) is 92.5 cm³/mol. The Morgan fingerprint density at radius 3 is 2.77 bits per heavy atom. The molecule has 1 aromatic carbocycles. The van der Waals surface area contributed by atoms with Gasteiger partial charge in [-0.15, -0.1) is 12.4 Å². The lowest BCUT2D eigenvalue weighted by Gasteiger charge is -2.30. The number of aryl methyl sites for hydroxylation is 1. The van der Waals surface area contributed by atoms with Crippen LogP contribution in [0, 0.1) is 0 Å². The quantitative estimate of drug-likeness (QED) is 0.743. The molecule has 0 fully saturated rings. The van der Waals surface area contributed by atoms with E-state index in [0.29, 0.717) is 6.04 Å². The van der Waals surface area contributed by atoms with Gasteiger partial charge in [0.15, 0.2) is 0 Å². The van der Waals surface area contributed by atoms with Crippen molar-refractivity contribution < 1.29 is 0 Å². The molecule has 4 rings (SSSR count). The molecule has 0 aliphatic carbocycles. The second-order valence-corrected chi connectivity index (χ2v) is 5.93. The first-order valence-electron chi connectivity index (χ1n) is 7.48. The maximum Gasteiger partial charge on any atom is 0.0751 e. The van der Waals surface area contributed by atoms with E-state index < -0.39 is 0 Å². The second kappa shape index (κ2) is 5.75. The summed E-state index contributed by atoms with van der Waals surface area (Å²) < 4.78 is 2.33. The fourth-order valence-corrected chi connectivity index (χ4v) is 3.60. The number of aromatic nitrogens is 2. The van der Waals surface area contributed by atoms with Gasteiger partial charge in [-0.05, 0) is 36.6 Å². The Morgan fingerprint density at radius 1 is 1.18 bits per heavy atom. The zero-order valence-corrected chi connectivity index (χ0v) is 13.6. The molecule has 22 heavy (non-hydrogen) atoms. The summed E-state index contributed by atoms with van der Waals surface area (Å²) in [7, 11) is 2.17. The van der Waals surface area contributed by atoms with Crippen LogP contribution in [0.4, 0.5) is 0 Å². The largest absolute Gasteiger partial charge is 0.346 e. The normalized spacial score (nSPS) is 20.5. The van der Waals surface area contributed by atoms with E-state index in [-0.39, 0.29) is 18.4 Å². The molecule has 1 N–H and O–H groups in total. The van der Waals surface area contributed by atoms with Crippen molar-refractivity contribution in [2.24, 2.45) is 7.05 Å². The zero-order valence-electron chi connectivity index (χ0n) is 12.8. The Hall–Kier alpha value is -1.84. The van der Waals surface area contributed by atoms with Crippen LogP contribution in [-0.4, -0.2) is 15.6 Å². The Labute approximate surface area is 136 Å². The molecule has 3 heterocycles. The Bertz CT molecular complexity index is 795. The molecule has 4 heteroatoms. The van der Waals surface area contributed by atoms with Gasteiger partial charge < -0.3 is 9.88 Å². The van der Waals surface area contributed by atoms with Crippen molar-refractivity contribution in [3.63, 3.8) is 0 Å². The number of hydrogen-bond donors (Lipinski definition) is 1. The van der Waals surface area contributed by atoms with Crippen LogP contribution in [0.15, 0.2) is 48.8 Å². The fraction of sp³-hybridized carbons (Fsp3) is 0.278. The monoisotopic (exact) mass is 313 g/mol. The van der Waals surface area contributed by atoms with Crippen molar-refractivity contribution in [3.05, 3.63) is 65.6 Å². The minimum atomic E-state index is 0. The molecule has 0 saturated carbocycles. The third-order valence-electron chi connectivity index (χ3n) is 4.51.